The fourth-order valence-electron chi connectivity index (χ4n) is 2.61. The lowest BCUT2D eigenvalue weighted by atomic mass is 10.0. The number of nitrogens with one attached hydrogen (secondary N) is 1. The number of benzene rings is 2. The third-order valence-electron chi connectivity index (χ3n) is 3.87. The number of ether oxygens (including phenoxy) is 1. The van der Waals surface area contributed by atoms with Crippen molar-refractivity contribution in [3.05, 3.63) is 92.2 Å². The van der Waals surface area contributed by atoms with Crippen LogP contribution in [-0.4, -0.2) is 17.9 Å². The van der Waals surface area contributed by atoms with Crippen molar-refractivity contribution in [3.63, 3.8) is 0 Å². The molecule has 0 saturated carbocycles. The number of amides is 1. The number of thiophene rings is 1. The molecule has 1 amide bonds. The van der Waals surface area contributed by atoms with Crippen molar-refractivity contribution in [1.29, 1.82) is 0 Å². The van der Waals surface area contributed by atoms with Gasteiger partial charge in [-0.1, -0.05) is 36.4 Å². The van der Waals surface area contributed by atoms with Crippen molar-refractivity contribution in [3.8, 4) is 5.75 Å². The monoisotopic (exact) mass is 368 g/mol. The molecule has 0 spiro atoms. The minimum atomic E-state index is -0.566. The highest BCUT2D eigenvalue weighted by Gasteiger charge is 2.22. The molecule has 3 aromatic rings. The number of nitrogens with zero attached hydrogens (tertiary/aromatic N) is 1. The average molecular weight is 368 g/mol. The lowest BCUT2D eigenvalue weighted by Gasteiger charge is -2.18. The van der Waals surface area contributed by atoms with E-state index in [4.69, 9.17) is 4.74 Å². The van der Waals surface area contributed by atoms with Crippen LogP contribution < -0.4 is 10.1 Å². The molecule has 2 aromatic carbocycles. The molecule has 7 heteroatoms. The van der Waals surface area contributed by atoms with Gasteiger partial charge in [0.1, 0.15) is 0 Å². The average Bonchev–Trinajstić information content (AvgIpc) is 3.20. The largest absolute Gasteiger partial charge is 0.490 e. The molecule has 0 aliphatic carbocycles. The first-order valence-electron chi connectivity index (χ1n) is 7.82. The van der Waals surface area contributed by atoms with E-state index >= 15 is 0 Å². The molecule has 0 radical (unpaired) electrons. The Labute approximate surface area is 154 Å². The molecule has 1 heterocycles. The molecule has 1 N–H and O–H groups in total. The fourth-order valence-corrected chi connectivity index (χ4v) is 3.41. The van der Waals surface area contributed by atoms with Gasteiger partial charge in [0.25, 0.3) is 5.91 Å². The Hall–Kier alpha value is -3.19. The van der Waals surface area contributed by atoms with E-state index in [0.29, 0.717) is 0 Å². The highest BCUT2D eigenvalue weighted by Crippen LogP contribution is 2.29. The summed E-state index contributed by atoms with van der Waals surface area (Å²) in [4.78, 5) is 24.3. The van der Waals surface area contributed by atoms with Gasteiger partial charge in [0.05, 0.1) is 18.1 Å². The van der Waals surface area contributed by atoms with Crippen LogP contribution in [-0.2, 0) is 0 Å². The summed E-state index contributed by atoms with van der Waals surface area (Å²) in [5.41, 5.74) is 0.897. The first-order chi connectivity index (χ1) is 12.6. The summed E-state index contributed by atoms with van der Waals surface area (Å²) in [7, 11) is 1.35. The molecule has 3 rings (SSSR count). The zero-order valence-electron chi connectivity index (χ0n) is 13.9. The highest BCUT2D eigenvalue weighted by molar-refractivity contribution is 7.10. The van der Waals surface area contributed by atoms with E-state index in [2.05, 4.69) is 5.32 Å². The van der Waals surface area contributed by atoms with E-state index in [1.54, 1.807) is 0 Å². The number of methoxy groups -OCH3 is 1. The molecule has 0 aliphatic heterocycles. The number of hydrogen-bond acceptors (Lipinski definition) is 5. The van der Waals surface area contributed by atoms with Crippen LogP contribution in [0.15, 0.2) is 66.0 Å². The molecule has 0 bridgehead atoms. The van der Waals surface area contributed by atoms with Crippen molar-refractivity contribution in [2.45, 2.75) is 6.04 Å². The molecular weight excluding hydrogens is 352 g/mol. The standard InChI is InChI=1S/C19H16N2O4S/c1-25-16-10-9-14(12-15(16)21(23)24)19(22)20-18(17-8-5-11-26-17)13-6-3-2-4-7-13/h2-12,18H,1H3,(H,20,22)/t18-/m1/s1. The smallest absolute Gasteiger partial charge is 0.311 e. The topological polar surface area (TPSA) is 81.5 Å². The van der Waals surface area contributed by atoms with Gasteiger partial charge in [0.15, 0.2) is 5.75 Å². The maximum atomic E-state index is 12.7. The molecule has 26 heavy (non-hydrogen) atoms. The maximum Gasteiger partial charge on any atom is 0.311 e. The Kier molecular flexibility index (Phi) is 5.28. The minimum Gasteiger partial charge on any atom is -0.490 e. The predicted octanol–water partition coefficient (Wildman–Crippen LogP) is 4.18. The molecular formula is C19H16N2O4S. The molecule has 0 unspecified atom stereocenters. The van der Waals surface area contributed by atoms with Crippen molar-refractivity contribution in [1.82, 2.24) is 5.32 Å². The molecule has 1 atom stereocenters. The second-order valence-corrected chi connectivity index (χ2v) is 6.46. The van der Waals surface area contributed by atoms with Crippen molar-refractivity contribution in [2.24, 2.45) is 0 Å². The second kappa shape index (κ2) is 7.79. The molecule has 0 fully saturated rings. The zero-order chi connectivity index (χ0) is 18.5. The van der Waals surface area contributed by atoms with Gasteiger partial charge in [0, 0.05) is 16.5 Å². The number of carbonyl (C=O) groups excluding carboxylic acids is 1. The van der Waals surface area contributed by atoms with E-state index < -0.39 is 10.8 Å². The Balaban J connectivity index is 1.92. The number of rotatable bonds is 6. The van der Waals surface area contributed by atoms with Crippen LogP contribution in [0.5, 0.6) is 5.75 Å². The van der Waals surface area contributed by atoms with Crippen LogP contribution >= 0.6 is 11.3 Å². The van der Waals surface area contributed by atoms with Gasteiger partial charge < -0.3 is 10.1 Å². The number of nitro groups is 1. The number of carbonyl (C=O) groups is 1. The Morgan fingerprint density at radius 1 is 1.15 bits per heavy atom. The van der Waals surface area contributed by atoms with E-state index in [1.165, 1.54) is 36.6 Å². The summed E-state index contributed by atoms with van der Waals surface area (Å²) >= 11 is 1.53. The first-order valence-corrected chi connectivity index (χ1v) is 8.69. The van der Waals surface area contributed by atoms with Crippen molar-refractivity contribution >= 4 is 22.9 Å². The Morgan fingerprint density at radius 2 is 1.92 bits per heavy atom. The highest BCUT2D eigenvalue weighted by atomic mass is 32.1. The summed E-state index contributed by atoms with van der Waals surface area (Å²) in [5.74, 6) is -0.276. The number of hydrogen-bond donors (Lipinski definition) is 1. The van der Waals surface area contributed by atoms with Gasteiger partial charge in [0.2, 0.25) is 0 Å². The molecule has 6 nitrogen and oxygen atoms in total. The molecule has 0 aliphatic rings. The molecule has 1 aromatic heterocycles. The SMILES string of the molecule is COc1ccc(C(=O)N[C@H](c2ccccc2)c2cccs2)cc1[N+](=O)[O-]. The van der Waals surface area contributed by atoms with Crippen LogP contribution in [0.4, 0.5) is 5.69 Å². The molecule has 0 saturated heterocycles. The lowest BCUT2D eigenvalue weighted by Crippen LogP contribution is -2.28. The van der Waals surface area contributed by atoms with Crippen LogP contribution in [0.1, 0.15) is 26.8 Å². The normalized spacial score (nSPS) is 11.6. The number of nitro benzene ring substituents is 1. The maximum absolute atomic E-state index is 12.7. The third kappa shape index (κ3) is 3.73. The van der Waals surface area contributed by atoms with E-state index in [-0.39, 0.29) is 23.0 Å². The quantitative estimate of drug-likeness (QED) is 0.523. The van der Waals surface area contributed by atoms with Crippen LogP contribution in [0.3, 0.4) is 0 Å². The first kappa shape index (κ1) is 17.6. The van der Waals surface area contributed by atoms with Gasteiger partial charge >= 0.3 is 5.69 Å². The molecule has 132 valence electrons. The van der Waals surface area contributed by atoms with Gasteiger partial charge in [-0.25, -0.2) is 0 Å². The van der Waals surface area contributed by atoms with Crippen LogP contribution in [0.25, 0.3) is 0 Å². The van der Waals surface area contributed by atoms with E-state index in [0.717, 1.165) is 10.4 Å². The zero-order valence-corrected chi connectivity index (χ0v) is 14.7. The minimum absolute atomic E-state index is 0.115. The summed E-state index contributed by atoms with van der Waals surface area (Å²) in [5, 5.41) is 16.1. The summed E-state index contributed by atoms with van der Waals surface area (Å²) < 4.78 is 4.98. The summed E-state index contributed by atoms with van der Waals surface area (Å²) in [6, 6.07) is 17.3. The van der Waals surface area contributed by atoms with E-state index in [9.17, 15) is 14.9 Å². The van der Waals surface area contributed by atoms with E-state index in [1.807, 2.05) is 47.8 Å². The summed E-state index contributed by atoms with van der Waals surface area (Å²) in [6.07, 6.45) is 0. The fraction of sp³-hybridized carbons (Fsp3) is 0.105. The van der Waals surface area contributed by atoms with Crippen molar-refractivity contribution < 1.29 is 14.5 Å². The second-order valence-electron chi connectivity index (χ2n) is 5.48. The van der Waals surface area contributed by atoms with Gasteiger partial charge in [-0.3, -0.25) is 14.9 Å². The van der Waals surface area contributed by atoms with Crippen LogP contribution in [0, 0.1) is 10.1 Å². The van der Waals surface area contributed by atoms with Gasteiger partial charge in [-0.05, 0) is 29.1 Å². The van der Waals surface area contributed by atoms with Crippen LogP contribution in [0.2, 0.25) is 0 Å². The van der Waals surface area contributed by atoms with Crippen molar-refractivity contribution in [2.75, 3.05) is 7.11 Å². The Morgan fingerprint density at radius 3 is 2.54 bits per heavy atom. The third-order valence-corrected chi connectivity index (χ3v) is 4.81. The Bertz CT molecular complexity index is 911. The predicted molar refractivity (Wildman–Crippen MR) is 99.7 cm³/mol. The summed E-state index contributed by atoms with van der Waals surface area (Å²) in [6.45, 7) is 0. The lowest BCUT2D eigenvalue weighted by molar-refractivity contribution is -0.385. The van der Waals surface area contributed by atoms with Gasteiger partial charge in [-0.2, -0.15) is 0 Å². The van der Waals surface area contributed by atoms with Gasteiger partial charge in [-0.15, -0.1) is 11.3 Å².